The fourth-order valence-electron chi connectivity index (χ4n) is 1.89. The van der Waals surface area contributed by atoms with Crippen LogP contribution in [-0.2, 0) is 16.3 Å². The maximum atomic E-state index is 11.5. The third-order valence-corrected chi connectivity index (χ3v) is 5.78. The summed E-state index contributed by atoms with van der Waals surface area (Å²) in [6.07, 6.45) is 1.02. The van der Waals surface area contributed by atoms with Crippen molar-refractivity contribution in [2.24, 2.45) is 10.9 Å². The lowest BCUT2D eigenvalue weighted by atomic mass is 10.1. The van der Waals surface area contributed by atoms with E-state index in [0.29, 0.717) is 25.0 Å². The van der Waals surface area contributed by atoms with Crippen molar-refractivity contribution in [2.45, 2.75) is 27.2 Å². The molecule has 1 aromatic heterocycles. The van der Waals surface area contributed by atoms with Crippen LogP contribution in [0.25, 0.3) is 0 Å². The summed E-state index contributed by atoms with van der Waals surface area (Å²) in [4.78, 5) is 5.91. The zero-order chi connectivity index (χ0) is 16.4. The van der Waals surface area contributed by atoms with Gasteiger partial charge < -0.3 is 10.6 Å². The molecule has 0 aliphatic heterocycles. The third-order valence-electron chi connectivity index (χ3n) is 3.18. The number of thiophene rings is 1. The van der Waals surface area contributed by atoms with Crippen LogP contribution < -0.4 is 10.6 Å². The molecule has 1 atom stereocenters. The molecule has 1 aromatic rings. The van der Waals surface area contributed by atoms with Crippen LogP contribution in [-0.4, -0.2) is 45.5 Å². The zero-order valence-corrected chi connectivity index (χ0v) is 15.3. The molecule has 1 rings (SSSR count). The van der Waals surface area contributed by atoms with Crippen LogP contribution in [0.2, 0.25) is 0 Å². The largest absolute Gasteiger partial charge is 0.357 e. The average molecular weight is 346 g/mol. The van der Waals surface area contributed by atoms with E-state index in [9.17, 15) is 8.42 Å². The highest BCUT2D eigenvalue weighted by Gasteiger charge is 2.08. The molecule has 0 aliphatic carbocycles. The first-order chi connectivity index (χ1) is 10.5. The molecule has 0 fully saturated rings. The van der Waals surface area contributed by atoms with Gasteiger partial charge in [-0.15, -0.1) is 11.3 Å². The van der Waals surface area contributed by atoms with E-state index in [1.165, 1.54) is 4.88 Å². The molecular weight excluding hydrogens is 318 g/mol. The standard InChI is InChI=1S/C15H27N3O2S2/c1-4-16-15(17-8-10-22(19,20)5-2)18-12-13(3)11-14-7-6-9-21-14/h6-7,9,13H,4-5,8,10-12H2,1-3H3,(H2,16,17,18). The second-order valence-electron chi connectivity index (χ2n) is 5.27. The summed E-state index contributed by atoms with van der Waals surface area (Å²) in [5.41, 5.74) is 0. The highest BCUT2D eigenvalue weighted by Crippen LogP contribution is 2.14. The molecule has 0 spiro atoms. The first-order valence-electron chi connectivity index (χ1n) is 7.71. The molecule has 1 heterocycles. The first kappa shape index (κ1) is 19.0. The Bertz CT molecular complexity index is 539. The van der Waals surface area contributed by atoms with Crippen LogP contribution >= 0.6 is 11.3 Å². The molecule has 0 bridgehead atoms. The van der Waals surface area contributed by atoms with Gasteiger partial charge in [-0.1, -0.05) is 19.9 Å². The van der Waals surface area contributed by atoms with E-state index >= 15 is 0 Å². The summed E-state index contributed by atoms with van der Waals surface area (Å²) < 4.78 is 23.0. The zero-order valence-electron chi connectivity index (χ0n) is 13.6. The van der Waals surface area contributed by atoms with E-state index in [2.05, 4.69) is 40.1 Å². The van der Waals surface area contributed by atoms with Crippen molar-refractivity contribution in [3.63, 3.8) is 0 Å². The monoisotopic (exact) mass is 345 g/mol. The van der Waals surface area contributed by atoms with Crippen LogP contribution in [0, 0.1) is 5.92 Å². The van der Waals surface area contributed by atoms with Gasteiger partial charge in [0.25, 0.3) is 0 Å². The highest BCUT2D eigenvalue weighted by molar-refractivity contribution is 7.91. The quantitative estimate of drug-likeness (QED) is 0.530. The predicted molar refractivity (Wildman–Crippen MR) is 95.5 cm³/mol. The molecule has 5 nitrogen and oxygen atoms in total. The van der Waals surface area contributed by atoms with E-state index in [-0.39, 0.29) is 11.5 Å². The normalized spacial score (nSPS) is 13.9. The van der Waals surface area contributed by atoms with Crippen LogP contribution in [0.4, 0.5) is 0 Å². The van der Waals surface area contributed by atoms with E-state index in [4.69, 9.17) is 0 Å². The molecule has 7 heteroatoms. The summed E-state index contributed by atoms with van der Waals surface area (Å²) in [6, 6.07) is 4.21. The molecule has 0 saturated carbocycles. The topological polar surface area (TPSA) is 70.6 Å². The summed E-state index contributed by atoms with van der Waals surface area (Å²) >= 11 is 1.77. The Balaban J connectivity index is 2.43. The summed E-state index contributed by atoms with van der Waals surface area (Å²) in [6.45, 7) is 7.70. The van der Waals surface area contributed by atoms with Crippen LogP contribution in [0.1, 0.15) is 25.6 Å². The fourth-order valence-corrected chi connectivity index (χ4v) is 3.47. The number of hydrogen-bond donors (Lipinski definition) is 2. The first-order valence-corrected chi connectivity index (χ1v) is 10.4. The summed E-state index contributed by atoms with van der Waals surface area (Å²) in [5.74, 6) is 1.46. The molecule has 0 aromatic carbocycles. The number of sulfone groups is 1. The molecule has 0 radical (unpaired) electrons. The molecule has 2 N–H and O–H groups in total. The Morgan fingerprint density at radius 3 is 2.73 bits per heavy atom. The molecule has 1 unspecified atom stereocenters. The lowest BCUT2D eigenvalue weighted by Crippen LogP contribution is -2.40. The Morgan fingerprint density at radius 2 is 2.14 bits per heavy atom. The second-order valence-corrected chi connectivity index (χ2v) is 8.78. The van der Waals surface area contributed by atoms with Crippen LogP contribution in [0.3, 0.4) is 0 Å². The van der Waals surface area contributed by atoms with Crippen molar-refractivity contribution in [1.29, 1.82) is 0 Å². The molecule has 0 aliphatic rings. The number of aliphatic imine (C=N–C) groups is 1. The predicted octanol–water partition coefficient (Wildman–Crippen LogP) is 1.92. The van der Waals surface area contributed by atoms with Crippen molar-refractivity contribution in [3.8, 4) is 0 Å². The smallest absolute Gasteiger partial charge is 0.191 e. The van der Waals surface area contributed by atoms with Gasteiger partial charge in [-0.3, -0.25) is 4.99 Å². The minimum absolute atomic E-state index is 0.138. The maximum absolute atomic E-state index is 11.5. The van der Waals surface area contributed by atoms with Gasteiger partial charge in [0.1, 0.15) is 0 Å². The lowest BCUT2D eigenvalue weighted by molar-refractivity contribution is 0.591. The van der Waals surface area contributed by atoms with Crippen molar-refractivity contribution in [1.82, 2.24) is 10.6 Å². The van der Waals surface area contributed by atoms with Crippen molar-refractivity contribution < 1.29 is 8.42 Å². The van der Waals surface area contributed by atoms with E-state index in [1.807, 2.05) is 6.92 Å². The van der Waals surface area contributed by atoms with Crippen molar-refractivity contribution >= 4 is 27.1 Å². The minimum atomic E-state index is -2.94. The van der Waals surface area contributed by atoms with Crippen molar-refractivity contribution in [3.05, 3.63) is 22.4 Å². The van der Waals surface area contributed by atoms with E-state index < -0.39 is 9.84 Å². The van der Waals surface area contributed by atoms with E-state index in [1.54, 1.807) is 18.3 Å². The van der Waals surface area contributed by atoms with Crippen LogP contribution in [0.5, 0.6) is 0 Å². The molecule has 0 amide bonds. The molecule has 22 heavy (non-hydrogen) atoms. The number of guanidine groups is 1. The van der Waals surface area contributed by atoms with Gasteiger partial charge >= 0.3 is 0 Å². The van der Waals surface area contributed by atoms with Gasteiger partial charge in [0.2, 0.25) is 0 Å². The fraction of sp³-hybridized carbons (Fsp3) is 0.667. The van der Waals surface area contributed by atoms with Gasteiger partial charge in [0, 0.05) is 30.3 Å². The van der Waals surface area contributed by atoms with Gasteiger partial charge in [-0.05, 0) is 30.7 Å². The van der Waals surface area contributed by atoms with Gasteiger partial charge in [-0.2, -0.15) is 0 Å². The summed E-state index contributed by atoms with van der Waals surface area (Å²) in [7, 11) is -2.94. The maximum Gasteiger partial charge on any atom is 0.191 e. The second kappa shape index (κ2) is 9.84. The Kier molecular flexibility index (Phi) is 8.48. The SMILES string of the molecule is CCNC(=NCC(C)Cc1cccs1)NCCS(=O)(=O)CC. The molecular formula is C15H27N3O2S2. The van der Waals surface area contributed by atoms with Crippen LogP contribution in [0.15, 0.2) is 22.5 Å². The molecule has 0 saturated heterocycles. The third kappa shape index (κ3) is 7.79. The lowest BCUT2D eigenvalue weighted by Gasteiger charge is -2.13. The van der Waals surface area contributed by atoms with E-state index in [0.717, 1.165) is 13.0 Å². The number of nitrogens with zero attached hydrogens (tertiary/aromatic N) is 1. The number of nitrogens with one attached hydrogen (secondary N) is 2. The number of rotatable bonds is 9. The van der Waals surface area contributed by atoms with Gasteiger partial charge in [0.15, 0.2) is 15.8 Å². The molecule has 126 valence electrons. The summed E-state index contributed by atoms with van der Waals surface area (Å²) in [5, 5.41) is 8.32. The Morgan fingerprint density at radius 1 is 1.36 bits per heavy atom. The Labute approximate surface area is 138 Å². The minimum Gasteiger partial charge on any atom is -0.357 e. The van der Waals surface area contributed by atoms with Gasteiger partial charge in [0.05, 0.1) is 5.75 Å². The Hall–Kier alpha value is -1.08. The number of hydrogen-bond acceptors (Lipinski definition) is 4. The van der Waals surface area contributed by atoms with Gasteiger partial charge in [-0.25, -0.2) is 8.42 Å². The average Bonchev–Trinajstić information content (AvgIpc) is 2.97. The van der Waals surface area contributed by atoms with Crippen molar-refractivity contribution in [2.75, 3.05) is 31.1 Å². The highest BCUT2D eigenvalue weighted by atomic mass is 32.2.